The third kappa shape index (κ3) is 18.1. The van der Waals surface area contributed by atoms with Gasteiger partial charge in [0.1, 0.15) is 17.2 Å². The molecule has 0 radical (unpaired) electrons. The van der Waals surface area contributed by atoms with Gasteiger partial charge in [0.2, 0.25) is 0 Å². The Bertz CT molecular complexity index is 2200. The van der Waals surface area contributed by atoms with Crippen LogP contribution in [0.15, 0.2) is 84.9 Å². The lowest BCUT2D eigenvalue weighted by Gasteiger charge is -2.43. The van der Waals surface area contributed by atoms with Crippen molar-refractivity contribution in [3.8, 4) is 17.2 Å². The summed E-state index contributed by atoms with van der Waals surface area (Å²) in [7, 11) is 4.67. The van der Waals surface area contributed by atoms with E-state index in [1.807, 2.05) is 84.9 Å². The Hall–Kier alpha value is -6.68. The van der Waals surface area contributed by atoms with Crippen molar-refractivity contribution in [3.05, 3.63) is 122 Å². The summed E-state index contributed by atoms with van der Waals surface area (Å²) in [4.78, 5) is 57.6. The number of benzene rings is 4. The minimum absolute atomic E-state index is 0.0161. The summed E-state index contributed by atoms with van der Waals surface area (Å²) in [5.74, 6) is 1.57. The maximum Gasteiger partial charge on any atom is 0.508 e. The van der Waals surface area contributed by atoms with E-state index in [4.69, 9.17) is 47.4 Å². The van der Waals surface area contributed by atoms with Crippen LogP contribution in [0.25, 0.3) is 10.8 Å². The molecule has 0 N–H and O–H groups in total. The fourth-order valence-corrected chi connectivity index (χ4v) is 7.59. The van der Waals surface area contributed by atoms with Crippen LogP contribution in [0.3, 0.4) is 0 Å². The second-order valence-corrected chi connectivity index (χ2v) is 15.7. The normalized spacial score (nSPS) is 16.0. The van der Waals surface area contributed by atoms with E-state index < -0.39 is 46.7 Å². The molecule has 4 aromatic rings. The van der Waals surface area contributed by atoms with Crippen LogP contribution in [0, 0.1) is 20.2 Å². The molecule has 1 aliphatic rings. The third-order valence-electron chi connectivity index (χ3n) is 10.9. The van der Waals surface area contributed by atoms with Gasteiger partial charge in [-0.25, -0.2) is 9.59 Å². The number of para-hydroxylation sites is 1. The highest BCUT2D eigenvalue weighted by atomic mass is 17.0. The maximum absolute atomic E-state index is 13.7. The maximum atomic E-state index is 13.7. The molecule has 1 heterocycles. The molecule has 1 amide bonds. The number of methoxy groups -OCH3 is 3. The lowest BCUT2D eigenvalue weighted by Crippen LogP contribution is -2.55. The first-order valence-corrected chi connectivity index (χ1v) is 22.6. The molecule has 0 bridgehead atoms. The van der Waals surface area contributed by atoms with Crippen LogP contribution < -0.4 is 14.2 Å². The number of nitrogens with zero attached hydrogens (tertiary/aromatic N) is 3. The number of fused-ring (bicyclic) bond motifs is 1. The molecular formula is C48H61N3O18. The average molecular weight is 968 g/mol. The van der Waals surface area contributed by atoms with Crippen molar-refractivity contribution < 1.29 is 76.8 Å². The first-order chi connectivity index (χ1) is 33.6. The van der Waals surface area contributed by atoms with Gasteiger partial charge in [0.25, 0.3) is 10.2 Å². The Morgan fingerprint density at radius 2 is 1.33 bits per heavy atom. The Morgan fingerprint density at radius 1 is 0.681 bits per heavy atom. The number of carbonyl (C=O) groups is 2. The molecule has 21 nitrogen and oxygen atoms in total. The van der Waals surface area contributed by atoms with Crippen LogP contribution in [0.4, 0.5) is 9.59 Å². The molecule has 4 atom stereocenters. The monoisotopic (exact) mass is 967 g/mol. The van der Waals surface area contributed by atoms with Crippen LogP contribution in [-0.4, -0.2) is 133 Å². The van der Waals surface area contributed by atoms with Crippen molar-refractivity contribution in [2.24, 2.45) is 0 Å². The molecule has 69 heavy (non-hydrogen) atoms. The SMILES string of the molecule is COCC(COC1CN(C(=O)OCCCCO[N+](=O)[O-])CC(OCc2cc(OC)c3ccccc3c2)C1c1ccc(OCCCOCc2ccccc2OC)cc1)OC(=O)OCCCCO[N+](=O)[O-]. The van der Waals surface area contributed by atoms with Gasteiger partial charge in [-0.05, 0) is 72.5 Å². The molecule has 0 spiro atoms. The number of unbranched alkanes of at least 4 members (excludes halogenated alkanes) is 2. The predicted octanol–water partition coefficient (Wildman–Crippen LogP) is 7.49. The number of amides is 1. The molecule has 0 saturated carbocycles. The molecule has 1 saturated heterocycles. The van der Waals surface area contributed by atoms with Gasteiger partial charge in [-0.15, -0.1) is 20.2 Å². The Labute approximate surface area is 399 Å². The highest BCUT2D eigenvalue weighted by Gasteiger charge is 2.42. The van der Waals surface area contributed by atoms with Crippen LogP contribution in [0.5, 0.6) is 17.2 Å². The smallest absolute Gasteiger partial charge is 0.496 e. The van der Waals surface area contributed by atoms with Gasteiger partial charge in [-0.1, -0.05) is 54.6 Å². The average Bonchev–Trinajstić information content (AvgIpc) is 3.35. The van der Waals surface area contributed by atoms with E-state index >= 15 is 0 Å². The first kappa shape index (κ1) is 53.3. The zero-order valence-corrected chi connectivity index (χ0v) is 39.1. The molecule has 0 aliphatic carbocycles. The number of piperidine rings is 1. The van der Waals surface area contributed by atoms with Crippen molar-refractivity contribution in [3.63, 3.8) is 0 Å². The van der Waals surface area contributed by atoms with Gasteiger partial charge in [0.05, 0.1) is 106 Å². The second kappa shape index (κ2) is 29.3. The Balaban J connectivity index is 1.33. The standard InChI is InChI=1S/C48H61N3O18/c1-58-33-40(69-48(53)64-23-9-11-26-68-51(56)57)34-66-45-30-49(47(52)63-22-8-10-25-67-50(54)55)29-44(65-31-35-27-37-13-4-6-15-41(37)43(28-35)60-3)46(45)36-17-19-39(20-18-36)62-24-12-21-61-32-38-14-5-7-16-42(38)59-2/h4-7,13-20,27-28,40,44-46H,8-12,21-26,29-34H2,1-3H3. The highest BCUT2D eigenvalue weighted by Crippen LogP contribution is 2.36. The number of hydrogen-bond acceptors (Lipinski definition) is 18. The summed E-state index contributed by atoms with van der Waals surface area (Å²) in [5, 5.41) is 21.1. The van der Waals surface area contributed by atoms with Gasteiger partial charge in [0, 0.05) is 30.4 Å². The topological polar surface area (TPSA) is 234 Å². The van der Waals surface area contributed by atoms with Gasteiger partial charge < -0.3 is 61.9 Å². The summed E-state index contributed by atoms with van der Waals surface area (Å²) < 4.78 is 58.2. The van der Waals surface area contributed by atoms with Gasteiger partial charge in [-0.2, -0.15) is 0 Å². The number of hydrogen-bond donors (Lipinski definition) is 0. The van der Waals surface area contributed by atoms with Gasteiger partial charge >= 0.3 is 12.2 Å². The molecule has 1 aliphatic heterocycles. The molecule has 1 fully saturated rings. The quantitative estimate of drug-likeness (QED) is 0.0205. The van der Waals surface area contributed by atoms with Crippen LogP contribution in [0.2, 0.25) is 0 Å². The molecule has 376 valence electrons. The Morgan fingerprint density at radius 3 is 2.03 bits per heavy atom. The van der Waals surface area contributed by atoms with E-state index in [1.165, 1.54) is 12.0 Å². The van der Waals surface area contributed by atoms with Gasteiger partial charge in [-0.3, -0.25) is 0 Å². The summed E-state index contributed by atoms with van der Waals surface area (Å²) in [6, 6.07) is 27.0. The summed E-state index contributed by atoms with van der Waals surface area (Å²) in [6.07, 6.45) is -2.19. The fourth-order valence-electron chi connectivity index (χ4n) is 7.59. The zero-order valence-electron chi connectivity index (χ0n) is 39.1. The van der Waals surface area contributed by atoms with Crippen molar-refractivity contribution in [1.82, 2.24) is 4.90 Å². The molecule has 21 heteroatoms. The second-order valence-electron chi connectivity index (χ2n) is 15.7. The van der Waals surface area contributed by atoms with E-state index in [2.05, 4.69) is 9.68 Å². The van der Waals surface area contributed by atoms with E-state index in [-0.39, 0.29) is 65.8 Å². The minimum Gasteiger partial charge on any atom is -0.496 e. The van der Waals surface area contributed by atoms with Crippen molar-refractivity contribution in [2.45, 2.75) is 69.5 Å². The summed E-state index contributed by atoms with van der Waals surface area (Å²) >= 11 is 0. The lowest BCUT2D eigenvalue weighted by molar-refractivity contribution is -0.757. The summed E-state index contributed by atoms with van der Waals surface area (Å²) in [5.41, 5.74) is 2.60. The molecule has 5 rings (SSSR count). The largest absolute Gasteiger partial charge is 0.508 e. The molecule has 0 aromatic heterocycles. The molecular weight excluding hydrogens is 907 g/mol. The fraction of sp³-hybridized carbons (Fsp3) is 0.500. The van der Waals surface area contributed by atoms with Crippen molar-refractivity contribution in [2.75, 3.05) is 87.3 Å². The number of likely N-dealkylation sites (tertiary alicyclic amines) is 1. The summed E-state index contributed by atoms with van der Waals surface area (Å²) in [6.45, 7) is 0.969. The highest BCUT2D eigenvalue weighted by molar-refractivity contribution is 5.89. The third-order valence-corrected chi connectivity index (χ3v) is 10.9. The van der Waals surface area contributed by atoms with Crippen LogP contribution >= 0.6 is 0 Å². The van der Waals surface area contributed by atoms with Crippen molar-refractivity contribution >= 4 is 23.0 Å². The number of carbonyl (C=O) groups excluding carboxylic acids is 2. The minimum atomic E-state index is -0.990. The Kier molecular flexibility index (Phi) is 22.6. The lowest BCUT2D eigenvalue weighted by atomic mass is 9.84. The van der Waals surface area contributed by atoms with E-state index in [9.17, 15) is 29.8 Å². The van der Waals surface area contributed by atoms with E-state index in [0.29, 0.717) is 57.0 Å². The number of ether oxygens (including phenoxy) is 10. The van der Waals surface area contributed by atoms with Gasteiger partial charge in [0.15, 0.2) is 6.10 Å². The molecule has 4 unspecified atom stereocenters. The van der Waals surface area contributed by atoms with Crippen molar-refractivity contribution in [1.29, 1.82) is 0 Å². The van der Waals surface area contributed by atoms with E-state index in [0.717, 1.165) is 33.2 Å². The predicted molar refractivity (Wildman–Crippen MR) is 246 cm³/mol. The number of rotatable bonds is 31. The van der Waals surface area contributed by atoms with E-state index in [1.54, 1.807) is 14.2 Å². The van der Waals surface area contributed by atoms with Crippen LogP contribution in [-0.2, 0) is 56.0 Å². The zero-order chi connectivity index (χ0) is 49.2. The van der Waals surface area contributed by atoms with Crippen LogP contribution in [0.1, 0.15) is 54.7 Å². The first-order valence-electron chi connectivity index (χ1n) is 22.6. The molecule has 4 aromatic carbocycles.